The highest BCUT2D eigenvalue weighted by atomic mass is 16.2. The smallest absolute Gasteiger partial charge is 0.244 e. The fraction of sp³-hybridized carbons (Fsp3) is 0.591. The van der Waals surface area contributed by atoms with E-state index in [9.17, 15) is 4.79 Å². The topological polar surface area (TPSA) is 54.3 Å². The van der Waals surface area contributed by atoms with Crippen molar-refractivity contribution in [3.63, 3.8) is 0 Å². The fourth-order valence-corrected chi connectivity index (χ4v) is 5.10. The number of likely N-dealkylation sites (tertiary alicyclic amines) is 2. The van der Waals surface area contributed by atoms with Gasteiger partial charge in [0.05, 0.1) is 0 Å². The molecule has 1 aromatic carbocycles. The number of carbonyl (C=O) groups excluding carboxylic acids is 1. The second-order valence-corrected chi connectivity index (χ2v) is 8.32. The number of aromatic nitrogens is 3. The van der Waals surface area contributed by atoms with Crippen LogP contribution in [0.2, 0.25) is 0 Å². The number of carbonyl (C=O) groups is 1. The number of likely N-dealkylation sites (N-methyl/N-ethyl adjacent to an activating group) is 1. The van der Waals surface area contributed by atoms with Crippen LogP contribution in [-0.4, -0.2) is 62.7 Å². The second-order valence-electron chi connectivity index (χ2n) is 8.32. The molecule has 2 aromatic rings. The lowest BCUT2D eigenvalue weighted by atomic mass is 9.87. The summed E-state index contributed by atoms with van der Waals surface area (Å²) in [7, 11) is 2.23. The van der Waals surface area contributed by atoms with Gasteiger partial charge in [0.15, 0.2) is 0 Å². The molecule has 4 rings (SSSR count). The van der Waals surface area contributed by atoms with Gasteiger partial charge >= 0.3 is 0 Å². The molecule has 6 nitrogen and oxygen atoms in total. The number of amides is 1. The number of nitrogens with zero attached hydrogens (tertiary/aromatic N) is 5. The monoisotopic (exact) mass is 381 g/mol. The van der Waals surface area contributed by atoms with Gasteiger partial charge in [-0.15, -0.1) is 0 Å². The van der Waals surface area contributed by atoms with Gasteiger partial charge in [-0.3, -0.25) is 4.79 Å². The highest BCUT2D eigenvalue weighted by Gasteiger charge is 2.46. The third kappa shape index (κ3) is 3.70. The molecule has 0 N–H and O–H groups in total. The van der Waals surface area contributed by atoms with Gasteiger partial charge in [0.1, 0.15) is 18.2 Å². The van der Waals surface area contributed by atoms with E-state index >= 15 is 0 Å². The molecule has 2 aliphatic heterocycles. The molecular formula is C22H31N5O. The van der Waals surface area contributed by atoms with E-state index in [0.717, 1.165) is 31.2 Å². The summed E-state index contributed by atoms with van der Waals surface area (Å²) in [5.41, 5.74) is 1.34. The lowest BCUT2D eigenvalue weighted by Crippen LogP contribution is -2.48. The number of benzene rings is 1. The second kappa shape index (κ2) is 8.03. The Kier molecular flexibility index (Phi) is 5.49. The molecule has 0 bridgehead atoms. The number of rotatable bonds is 3. The molecule has 28 heavy (non-hydrogen) atoms. The Morgan fingerprint density at radius 2 is 1.93 bits per heavy atom. The first-order chi connectivity index (χ1) is 13.5. The molecule has 2 aliphatic rings. The summed E-state index contributed by atoms with van der Waals surface area (Å²) in [6.07, 6.45) is 4.76. The minimum atomic E-state index is 0.162. The molecule has 1 aromatic heterocycles. The molecule has 3 heterocycles. The molecule has 2 fully saturated rings. The predicted molar refractivity (Wildman–Crippen MR) is 109 cm³/mol. The van der Waals surface area contributed by atoms with Crippen LogP contribution in [0.15, 0.2) is 30.3 Å². The van der Waals surface area contributed by atoms with Crippen LogP contribution in [-0.2, 0) is 11.3 Å². The number of hydrogen-bond acceptors (Lipinski definition) is 4. The van der Waals surface area contributed by atoms with Gasteiger partial charge in [-0.1, -0.05) is 43.2 Å². The maximum atomic E-state index is 13.3. The SMILES string of the molecule is Cc1nc(C)n(CC(=O)N2C[C@@H](c3ccccc3)[C@H]3[C@H]2CCCCCN3C)n1. The van der Waals surface area contributed by atoms with Gasteiger partial charge in [0.25, 0.3) is 0 Å². The zero-order chi connectivity index (χ0) is 19.7. The Morgan fingerprint density at radius 1 is 1.14 bits per heavy atom. The first kappa shape index (κ1) is 19.1. The van der Waals surface area contributed by atoms with E-state index < -0.39 is 0 Å². The van der Waals surface area contributed by atoms with E-state index in [4.69, 9.17) is 0 Å². The summed E-state index contributed by atoms with van der Waals surface area (Å²) in [4.78, 5) is 22.3. The van der Waals surface area contributed by atoms with Crippen molar-refractivity contribution in [2.24, 2.45) is 0 Å². The predicted octanol–water partition coefficient (Wildman–Crippen LogP) is 2.76. The van der Waals surface area contributed by atoms with Crippen LogP contribution < -0.4 is 0 Å². The van der Waals surface area contributed by atoms with Gasteiger partial charge in [-0.25, -0.2) is 9.67 Å². The number of hydrogen-bond donors (Lipinski definition) is 0. The van der Waals surface area contributed by atoms with Crippen molar-refractivity contribution in [3.05, 3.63) is 47.5 Å². The van der Waals surface area contributed by atoms with Gasteiger partial charge < -0.3 is 9.80 Å². The normalized spacial score (nSPS) is 26.0. The van der Waals surface area contributed by atoms with Crippen LogP contribution in [0.25, 0.3) is 0 Å². The Labute approximate surface area is 167 Å². The van der Waals surface area contributed by atoms with Crippen molar-refractivity contribution < 1.29 is 4.79 Å². The van der Waals surface area contributed by atoms with Crippen LogP contribution in [0.1, 0.15) is 48.8 Å². The first-order valence-electron chi connectivity index (χ1n) is 10.5. The van der Waals surface area contributed by atoms with Crippen molar-refractivity contribution in [2.75, 3.05) is 20.1 Å². The Morgan fingerprint density at radius 3 is 2.64 bits per heavy atom. The van der Waals surface area contributed by atoms with Crippen LogP contribution in [0.4, 0.5) is 0 Å². The van der Waals surface area contributed by atoms with Crippen molar-refractivity contribution in [3.8, 4) is 0 Å². The van der Waals surface area contributed by atoms with Crippen molar-refractivity contribution in [2.45, 2.75) is 64.1 Å². The quantitative estimate of drug-likeness (QED) is 0.820. The highest BCUT2D eigenvalue weighted by molar-refractivity contribution is 5.77. The zero-order valence-corrected chi connectivity index (χ0v) is 17.2. The van der Waals surface area contributed by atoms with Gasteiger partial charge in [-0.2, -0.15) is 5.10 Å². The maximum absolute atomic E-state index is 13.3. The molecule has 150 valence electrons. The lowest BCUT2D eigenvalue weighted by molar-refractivity contribution is -0.133. The Bertz CT molecular complexity index is 818. The van der Waals surface area contributed by atoms with E-state index in [2.05, 4.69) is 57.3 Å². The van der Waals surface area contributed by atoms with Crippen molar-refractivity contribution in [1.82, 2.24) is 24.6 Å². The third-order valence-corrected chi connectivity index (χ3v) is 6.42. The molecular weight excluding hydrogens is 350 g/mol. The van der Waals surface area contributed by atoms with E-state index in [1.54, 1.807) is 4.68 Å². The lowest BCUT2D eigenvalue weighted by Gasteiger charge is -2.37. The van der Waals surface area contributed by atoms with E-state index in [1.807, 2.05) is 13.8 Å². The van der Waals surface area contributed by atoms with Crippen molar-refractivity contribution >= 4 is 5.91 Å². The average molecular weight is 382 g/mol. The molecule has 0 saturated carbocycles. The van der Waals surface area contributed by atoms with Crippen LogP contribution >= 0.6 is 0 Å². The van der Waals surface area contributed by atoms with Crippen LogP contribution in [0, 0.1) is 13.8 Å². The minimum absolute atomic E-state index is 0.162. The summed E-state index contributed by atoms with van der Waals surface area (Å²) in [6, 6.07) is 11.4. The molecule has 0 unspecified atom stereocenters. The van der Waals surface area contributed by atoms with E-state index in [-0.39, 0.29) is 18.5 Å². The molecule has 2 saturated heterocycles. The summed E-state index contributed by atoms with van der Waals surface area (Å²) in [6.45, 7) is 5.95. The summed E-state index contributed by atoms with van der Waals surface area (Å²) < 4.78 is 1.75. The van der Waals surface area contributed by atoms with Gasteiger partial charge in [-0.05, 0) is 45.8 Å². The van der Waals surface area contributed by atoms with Gasteiger partial charge in [0, 0.05) is 24.5 Å². The Balaban J connectivity index is 1.62. The number of aryl methyl sites for hydroxylation is 2. The molecule has 1 amide bonds. The largest absolute Gasteiger partial charge is 0.336 e. The van der Waals surface area contributed by atoms with Crippen LogP contribution in [0.5, 0.6) is 0 Å². The fourth-order valence-electron chi connectivity index (χ4n) is 5.10. The van der Waals surface area contributed by atoms with Crippen LogP contribution in [0.3, 0.4) is 0 Å². The molecule has 6 heteroatoms. The molecule has 0 radical (unpaired) electrons. The minimum Gasteiger partial charge on any atom is -0.336 e. The van der Waals surface area contributed by atoms with Gasteiger partial charge in [0.2, 0.25) is 5.91 Å². The standard InChI is InChI=1S/C22H31N5O/c1-16-23-17(2)27(24-16)15-21(28)26-14-19(18-10-6-4-7-11-18)22-20(26)12-8-5-9-13-25(22)3/h4,6-7,10-11,19-20,22H,5,8-9,12-15H2,1-3H3/t19-,20+,22-/m0/s1. The Hall–Kier alpha value is -2.21. The van der Waals surface area contributed by atoms with E-state index in [0.29, 0.717) is 12.0 Å². The maximum Gasteiger partial charge on any atom is 0.244 e. The molecule has 0 spiro atoms. The molecule has 0 aliphatic carbocycles. The third-order valence-electron chi connectivity index (χ3n) is 6.42. The average Bonchev–Trinajstić information content (AvgIpc) is 3.19. The summed E-state index contributed by atoms with van der Waals surface area (Å²) >= 11 is 0. The zero-order valence-electron chi connectivity index (χ0n) is 17.2. The number of fused-ring (bicyclic) bond motifs is 1. The summed E-state index contributed by atoms with van der Waals surface area (Å²) in [5, 5.41) is 4.40. The molecule has 3 atom stereocenters. The van der Waals surface area contributed by atoms with E-state index in [1.165, 1.54) is 24.8 Å². The first-order valence-corrected chi connectivity index (χ1v) is 10.5. The van der Waals surface area contributed by atoms with Crippen molar-refractivity contribution in [1.29, 1.82) is 0 Å². The summed E-state index contributed by atoms with van der Waals surface area (Å²) in [5.74, 6) is 2.04. The highest BCUT2D eigenvalue weighted by Crippen LogP contribution is 2.38.